The van der Waals surface area contributed by atoms with E-state index in [0.717, 1.165) is 12.8 Å². The zero-order valence-corrected chi connectivity index (χ0v) is 10.8. The van der Waals surface area contributed by atoms with Crippen LogP contribution in [0.1, 0.15) is 54.4 Å². The Bertz CT molecular complexity index is 252. The van der Waals surface area contributed by atoms with Crippen LogP contribution < -0.4 is 0 Å². The molecular weight excluding hydrogens is 188 g/mol. The van der Waals surface area contributed by atoms with Crippen LogP contribution in [0.15, 0.2) is 11.8 Å². The van der Waals surface area contributed by atoms with Gasteiger partial charge in [0.25, 0.3) is 0 Å². The molecule has 0 aliphatic heterocycles. The van der Waals surface area contributed by atoms with Crippen LogP contribution in [0.25, 0.3) is 0 Å². The van der Waals surface area contributed by atoms with E-state index in [1.54, 1.807) is 0 Å². The van der Waals surface area contributed by atoms with Crippen LogP contribution in [0.5, 0.6) is 0 Å². The second kappa shape index (κ2) is 4.82. The molecule has 2 heteroatoms. The molecule has 0 amide bonds. The number of aliphatic hydroxyl groups is 1. The molecule has 0 fully saturated rings. The number of rotatable bonds is 4. The predicted molar refractivity (Wildman–Crippen MR) is 63.9 cm³/mol. The maximum Gasteiger partial charge on any atom is 0.164 e. The van der Waals surface area contributed by atoms with Gasteiger partial charge in [0.05, 0.1) is 0 Å². The molecule has 0 rings (SSSR count). The lowest BCUT2D eigenvalue weighted by Crippen LogP contribution is -2.25. The van der Waals surface area contributed by atoms with Gasteiger partial charge >= 0.3 is 0 Å². The van der Waals surface area contributed by atoms with Gasteiger partial charge in [-0.2, -0.15) is 0 Å². The molecule has 0 aromatic rings. The SMILES string of the molecule is CCC(C)(CC)C(=O)C=C(O)C(C)(C)C. The van der Waals surface area contributed by atoms with Crippen molar-refractivity contribution in [1.29, 1.82) is 0 Å². The minimum atomic E-state index is -0.349. The number of carbonyl (C=O) groups excluding carboxylic acids is 1. The summed E-state index contributed by atoms with van der Waals surface area (Å²) in [6.07, 6.45) is 3.00. The van der Waals surface area contributed by atoms with Crippen molar-refractivity contribution in [3.63, 3.8) is 0 Å². The predicted octanol–water partition coefficient (Wildman–Crippen LogP) is 3.87. The number of hydrogen-bond donors (Lipinski definition) is 1. The van der Waals surface area contributed by atoms with E-state index < -0.39 is 0 Å². The molecule has 0 aliphatic rings. The normalized spacial score (nSPS) is 14.1. The third kappa shape index (κ3) is 3.69. The largest absolute Gasteiger partial charge is 0.512 e. The first-order chi connectivity index (χ1) is 6.67. The van der Waals surface area contributed by atoms with Crippen molar-refractivity contribution in [3.8, 4) is 0 Å². The fourth-order valence-corrected chi connectivity index (χ4v) is 1.11. The summed E-state index contributed by atoms with van der Waals surface area (Å²) in [7, 11) is 0. The van der Waals surface area contributed by atoms with Gasteiger partial charge in [0.15, 0.2) is 5.78 Å². The van der Waals surface area contributed by atoms with Crippen molar-refractivity contribution in [1.82, 2.24) is 0 Å². The van der Waals surface area contributed by atoms with E-state index in [9.17, 15) is 9.90 Å². The van der Waals surface area contributed by atoms with Crippen LogP contribution in [0, 0.1) is 10.8 Å². The number of carbonyl (C=O) groups is 1. The summed E-state index contributed by atoms with van der Waals surface area (Å²) in [4.78, 5) is 11.9. The lowest BCUT2D eigenvalue weighted by atomic mass is 9.79. The van der Waals surface area contributed by atoms with Gasteiger partial charge in [-0.25, -0.2) is 0 Å². The maximum atomic E-state index is 11.9. The molecule has 0 saturated carbocycles. The number of allylic oxidation sites excluding steroid dienone is 2. The molecule has 0 atom stereocenters. The lowest BCUT2D eigenvalue weighted by Gasteiger charge is -2.24. The van der Waals surface area contributed by atoms with Crippen LogP contribution in [-0.4, -0.2) is 10.9 Å². The van der Waals surface area contributed by atoms with Crippen LogP contribution in [0.3, 0.4) is 0 Å². The van der Waals surface area contributed by atoms with E-state index in [1.807, 2.05) is 41.5 Å². The molecular formula is C13H24O2. The van der Waals surface area contributed by atoms with Crippen molar-refractivity contribution < 1.29 is 9.90 Å². The summed E-state index contributed by atoms with van der Waals surface area (Å²) in [5.41, 5.74) is -0.683. The van der Waals surface area contributed by atoms with Gasteiger partial charge in [-0.05, 0) is 12.8 Å². The molecule has 0 saturated heterocycles. The number of aliphatic hydroxyl groups excluding tert-OH is 1. The average Bonchev–Trinajstić information content (AvgIpc) is 2.14. The van der Waals surface area contributed by atoms with Crippen molar-refractivity contribution >= 4 is 5.78 Å². The summed E-state index contributed by atoms with van der Waals surface area (Å²) in [6, 6.07) is 0. The minimum Gasteiger partial charge on any atom is -0.512 e. The summed E-state index contributed by atoms with van der Waals surface area (Å²) >= 11 is 0. The zero-order valence-electron chi connectivity index (χ0n) is 10.8. The van der Waals surface area contributed by atoms with Crippen LogP contribution in [0.2, 0.25) is 0 Å². The van der Waals surface area contributed by atoms with E-state index in [1.165, 1.54) is 6.08 Å². The van der Waals surface area contributed by atoms with Crippen LogP contribution in [0.4, 0.5) is 0 Å². The molecule has 0 aliphatic carbocycles. The standard InChI is InChI=1S/C13H24O2/c1-7-13(6,8-2)11(15)9-10(14)12(3,4)5/h9,14H,7-8H2,1-6H3. The van der Waals surface area contributed by atoms with E-state index >= 15 is 0 Å². The fraction of sp³-hybridized carbons (Fsp3) is 0.769. The molecule has 15 heavy (non-hydrogen) atoms. The van der Waals surface area contributed by atoms with Gasteiger partial charge in [-0.1, -0.05) is 41.5 Å². The molecule has 1 N–H and O–H groups in total. The highest BCUT2D eigenvalue weighted by Gasteiger charge is 2.29. The first-order valence-corrected chi connectivity index (χ1v) is 5.63. The van der Waals surface area contributed by atoms with Gasteiger partial charge in [0, 0.05) is 16.9 Å². The Morgan fingerprint density at radius 1 is 1.13 bits per heavy atom. The van der Waals surface area contributed by atoms with E-state index in [-0.39, 0.29) is 22.4 Å². The Balaban J connectivity index is 4.90. The third-order valence-electron chi connectivity index (χ3n) is 3.19. The van der Waals surface area contributed by atoms with E-state index in [0.29, 0.717) is 0 Å². The van der Waals surface area contributed by atoms with Crippen molar-refractivity contribution in [2.75, 3.05) is 0 Å². The van der Waals surface area contributed by atoms with Crippen LogP contribution in [-0.2, 0) is 4.79 Å². The number of hydrogen-bond acceptors (Lipinski definition) is 2. The molecule has 2 nitrogen and oxygen atoms in total. The Kier molecular flexibility index (Phi) is 4.57. The Morgan fingerprint density at radius 2 is 1.53 bits per heavy atom. The molecule has 0 bridgehead atoms. The molecule has 0 radical (unpaired) electrons. The van der Waals surface area contributed by atoms with Gasteiger partial charge in [0.2, 0.25) is 0 Å². The van der Waals surface area contributed by atoms with Crippen molar-refractivity contribution in [2.45, 2.75) is 54.4 Å². The highest BCUT2D eigenvalue weighted by Crippen LogP contribution is 2.30. The highest BCUT2D eigenvalue weighted by atomic mass is 16.3. The highest BCUT2D eigenvalue weighted by molar-refractivity contribution is 5.94. The second-order valence-electron chi connectivity index (χ2n) is 5.41. The molecule has 0 aromatic heterocycles. The van der Waals surface area contributed by atoms with Gasteiger partial charge in [-0.15, -0.1) is 0 Å². The maximum absolute atomic E-state index is 11.9. The van der Waals surface area contributed by atoms with Crippen molar-refractivity contribution in [2.24, 2.45) is 10.8 Å². The summed E-state index contributed by atoms with van der Waals surface area (Å²) < 4.78 is 0. The molecule has 0 unspecified atom stereocenters. The first kappa shape index (κ1) is 14.2. The monoisotopic (exact) mass is 212 g/mol. The van der Waals surface area contributed by atoms with Gasteiger partial charge in [0.1, 0.15) is 5.76 Å². The second-order valence-corrected chi connectivity index (χ2v) is 5.41. The first-order valence-electron chi connectivity index (χ1n) is 5.63. The minimum absolute atomic E-state index is 0.0277. The summed E-state index contributed by atoms with van der Waals surface area (Å²) in [5.74, 6) is 0.195. The third-order valence-corrected chi connectivity index (χ3v) is 3.19. The quantitative estimate of drug-likeness (QED) is 0.567. The molecule has 0 aromatic carbocycles. The Morgan fingerprint density at radius 3 is 1.80 bits per heavy atom. The smallest absolute Gasteiger partial charge is 0.164 e. The molecule has 0 heterocycles. The fourth-order valence-electron chi connectivity index (χ4n) is 1.11. The zero-order chi connectivity index (χ0) is 12.3. The Hall–Kier alpha value is -0.790. The Labute approximate surface area is 93.4 Å². The topological polar surface area (TPSA) is 37.3 Å². The van der Waals surface area contributed by atoms with E-state index in [4.69, 9.17) is 0 Å². The van der Waals surface area contributed by atoms with Crippen LogP contribution >= 0.6 is 0 Å². The average molecular weight is 212 g/mol. The van der Waals surface area contributed by atoms with Gasteiger partial charge < -0.3 is 5.11 Å². The van der Waals surface area contributed by atoms with E-state index in [2.05, 4.69) is 0 Å². The number of ketones is 1. The summed E-state index contributed by atoms with van der Waals surface area (Å²) in [6.45, 7) is 11.6. The molecule has 88 valence electrons. The molecule has 0 spiro atoms. The summed E-state index contributed by atoms with van der Waals surface area (Å²) in [5, 5.41) is 9.75. The lowest BCUT2D eigenvalue weighted by molar-refractivity contribution is -0.123. The van der Waals surface area contributed by atoms with Crippen molar-refractivity contribution in [3.05, 3.63) is 11.8 Å². The van der Waals surface area contributed by atoms with Gasteiger partial charge in [-0.3, -0.25) is 4.79 Å².